The van der Waals surface area contributed by atoms with Gasteiger partial charge in [0.05, 0.1) is 22.9 Å². The summed E-state index contributed by atoms with van der Waals surface area (Å²) < 4.78 is 3.70. The quantitative estimate of drug-likeness (QED) is 0.120. The third-order valence-electron chi connectivity index (χ3n) is 16.3. The highest BCUT2D eigenvalue weighted by molar-refractivity contribution is 5.95. The fourth-order valence-corrected chi connectivity index (χ4v) is 11.3. The molecule has 0 fully saturated rings. The van der Waals surface area contributed by atoms with Crippen LogP contribution in [0.1, 0.15) is 138 Å². The molecule has 392 valence electrons. The molecule has 2 N–H and O–H groups in total. The first kappa shape index (κ1) is 52.8. The summed E-state index contributed by atoms with van der Waals surface area (Å²) in [5.74, 6) is -3.67. The van der Waals surface area contributed by atoms with Gasteiger partial charge in [-0.3, -0.25) is 19.2 Å². The molecule has 0 radical (unpaired) electrons. The number of aromatic nitrogens is 6. The number of hydrogen-bond donors (Lipinski definition) is 2. The van der Waals surface area contributed by atoms with E-state index in [1.807, 2.05) is 135 Å². The summed E-state index contributed by atoms with van der Waals surface area (Å²) in [6, 6.07) is 32.2. The molecule has 2 aliphatic heterocycles. The molecule has 0 aliphatic carbocycles. The lowest BCUT2D eigenvalue weighted by atomic mass is 9.78. The molecule has 10 rings (SSSR count). The molecule has 6 aromatic carbocycles. The lowest BCUT2D eigenvalue weighted by Gasteiger charge is -2.31. The molecule has 4 heterocycles. The van der Waals surface area contributed by atoms with Crippen LogP contribution in [-0.2, 0) is 48.6 Å². The monoisotopic (exact) mass is 1020 g/mol. The Morgan fingerprint density at radius 1 is 0.500 bits per heavy atom. The van der Waals surface area contributed by atoms with Crippen LogP contribution in [0.25, 0.3) is 22.1 Å². The number of nitrogens with zero attached hydrogens (tertiary/aromatic N) is 8. The van der Waals surface area contributed by atoms with Crippen molar-refractivity contribution in [2.75, 3.05) is 13.1 Å². The van der Waals surface area contributed by atoms with E-state index in [1.165, 1.54) is 22.3 Å². The third-order valence-corrected chi connectivity index (χ3v) is 16.3. The van der Waals surface area contributed by atoms with E-state index in [1.54, 1.807) is 13.8 Å². The first-order valence-corrected chi connectivity index (χ1v) is 26.5. The summed E-state index contributed by atoms with van der Waals surface area (Å²) in [6.07, 6.45) is 1.55. The van der Waals surface area contributed by atoms with E-state index in [9.17, 15) is 29.4 Å². The van der Waals surface area contributed by atoms with Gasteiger partial charge >= 0.3 is 11.9 Å². The molecule has 0 bridgehead atoms. The maximum absolute atomic E-state index is 13.3. The number of carbonyl (C=O) groups is 4. The van der Waals surface area contributed by atoms with Crippen molar-refractivity contribution < 1.29 is 29.4 Å². The van der Waals surface area contributed by atoms with Gasteiger partial charge < -0.3 is 20.0 Å². The number of aryl methyl sites for hydroxylation is 8. The van der Waals surface area contributed by atoms with Gasteiger partial charge in [-0.15, -0.1) is 10.2 Å². The second-order valence-electron chi connectivity index (χ2n) is 20.9. The predicted octanol–water partition coefficient (Wildman–Crippen LogP) is 10.9. The van der Waals surface area contributed by atoms with Crippen LogP contribution < -0.4 is 0 Å². The van der Waals surface area contributed by atoms with Crippen LogP contribution in [0.5, 0.6) is 0 Å². The normalized spacial score (nSPS) is 14.8. The van der Waals surface area contributed by atoms with E-state index in [0.717, 1.165) is 90.5 Å². The summed E-state index contributed by atoms with van der Waals surface area (Å²) >= 11 is 0. The molecule has 2 aliphatic rings. The Labute approximate surface area is 444 Å². The molecule has 0 spiro atoms. The van der Waals surface area contributed by atoms with Gasteiger partial charge in [0.2, 0.25) is 0 Å². The second kappa shape index (κ2) is 21.7. The van der Waals surface area contributed by atoms with Crippen molar-refractivity contribution in [3.05, 3.63) is 186 Å². The van der Waals surface area contributed by atoms with Crippen molar-refractivity contribution in [1.29, 1.82) is 0 Å². The maximum Gasteiger partial charge on any atom is 0.307 e. The van der Waals surface area contributed by atoms with Crippen molar-refractivity contribution in [3.8, 4) is 0 Å². The smallest absolute Gasteiger partial charge is 0.307 e. The zero-order valence-electron chi connectivity index (χ0n) is 45.3. The van der Waals surface area contributed by atoms with Crippen LogP contribution in [0.3, 0.4) is 0 Å². The van der Waals surface area contributed by atoms with Crippen molar-refractivity contribution in [3.63, 3.8) is 0 Å². The zero-order chi connectivity index (χ0) is 54.3. The molecule has 14 nitrogen and oxygen atoms in total. The molecule has 8 aromatic rings. The molecule has 76 heavy (non-hydrogen) atoms. The predicted molar refractivity (Wildman–Crippen MR) is 295 cm³/mol. The number of amides is 2. The number of hydrogen-bond acceptors (Lipinski definition) is 8. The number of carboxylic acids is 2. The highest BCUT2D eigenvalue weighted by Gasteiger charge is 2.33. The van der Waals surface area contributed by atoms with Crippen molar-refractivity contribution >= 4 is 45.8 Å². The molecule has 0 saturated heterocycles. The Morgan fingerprint density at radius 2 is 0.895 bits per heavy atom. The van der Waals surface area contributed by atoms with E-state index in [-0.39, 0.29) is 23.7 Å². The SMILES string of the molecule is CCn1nnc2c(C)c([C@H](c3ccc4c(c3)CN(C(=O)c3ccc(C)c(C)c3)CC4)[C@@H](C)C(=O)O)ccc21.CCn1nnc2c(C)c([C@H](c3ccc4c(c3)CN(C(=O)c3ccc(C)c(C)c3)CC4)[C@H](C)C(=O)O)ccc21. The molecular weight excluding hydrogens is 953 g/mol. The molecule has 14 heteroatoms. The minimum atomic E-state index is -0.851. The van der Waals surface area contributed by atoms with Crippen LogP contribution in [-0.4, -0.2) is 86.8 Å². The van der Waals surface area contributed by atoms with Crippen LogP contribution >= 0.6 is 0 Å². The van der Waals surface area contributed by atoms with Crippen LogP contribution in [0, 0.1) is 53.4 Å². The average molecular weight is 1020 g/mol. The Kier molecular flexibility index (Phi) is 15.1. The summed E-state index contributed by atoms with van der Waals surface area (Å²) in [5, 5.41) is 37.4. The summed E-state index contributed by atoms with van der Waals surface area (Å²) in [7, 11) is 0. The standard InChI is InChI=1S/2C31H34N4O3/c2*1-6-35-27-12-11-26(20(4)29(27)32-33-35)28(21(5)31(37)38)23-10-9-22-13-14-34(17-25(22)16-23)30(36)24-8-7-18(2)19(3)15-24/h2*7-12,15-16,21,28H,6,13-14,17H2,1-5H3,(H,37,38)/t21-,28+;21-,28-/m10/s1. The Balaban J connectivity index is 0.000000186. The Hall–Kier alpha value is -8.00. The van der Waals surface area contributed by atoms with Gasteiger partial charge in [0.1, 0.15) is 11.0 Å². The average Bonchev–Trinajstić information content (AvgIpc) is 4.06. The van der Waals surface area contributed by atoms with E-state index < -0.39 is 23.8 Å². The number of benzene rings is 6. The highest BCUT2D eigenvalue weighted by Crippen LogP contribution is 2.40. The van der Waals surface area contributed by atoms with Crippen molar-refractivity contribution in [2.45, 2.75) is 120 Å². The van der Waals surface area contributed by atoms with Gasteiger partial charge in [-0.1, -0.05) is 84.9 Å². The fourth-order valence-electron chi connectivity index (χ4n) is 11.3. The number of rotatable bonds is 12. The van der Waals surface area contributed by atoms with Gasteiger partial charge in [0.25, 0.3) is 11.8 Å². The molecule has 2 amide bonds. The Morgan fingerprint density at radius 3 is 1.25 bits per heavy atom. The minimum Gasteiger partial charge on any atom is -0.481 e. The second-order valence-corrected chi connectivity index (χ2v) is 20.9. The Bertz CT molecular complexity index is 3340. The van der Waals surface area contributed by atoms with E-state index in [2.05, 4.69) is 57.0 Å². The van der Waals surface area contributed by atoms with Crippen LogP contribution in [0.4, 0.5) is 0 Å². The van der Waals surface area contributed by atoms with Crippen LogP contribution in [0.2, 0.25) is 0 Å². The minimum absolute atomic E-state index is 0.0277. The summed E-state index contributed by atoms with van der Waals surface area (Å²) in [6.45, 7) is 23.5. The molecule has 4 atom stereocenters. The first-order chi connectivity index (χ1) is 36.4. The number of carbonyl (C=O) groups excluding carboxylic acids is 2. The fraction of sp³-hybridized carbons (Fsp3) is 0.355. The van der Waals surface area contributed by atoms with Gasteiger partial charge in [-0.25, -0.2) is 9.36 Å². The lowest BCUT2D eigenvalue weighted by molar-refractivity contribution is -0.142. The molecule has 2 aromatic heterocycles. The van der Waals surface area contributed by atoms with Crippen LogP contribution in [0.15, 0.2) is 97.1 Å². The summed E-state index contributed by atoms with van der Waals surface area (Å²) in [4.78, 5) is 55.0. The van der Waals surface area contributed by atoms with Crippen molar-refractivity contribution in [2.24, 2.45) is 11.8 Å². The van der Waals surface area contributed by atoms with Crippen molar-refractivity contribution in [1.82, 2.24) is 39.8 Å². The first-order valence-electron chi connectivity index (χ1n) is 26.5. The number of aliphatic carboxylic acids is 2. The zero-order valence-corrected chi connectivity index (χ0v) is 45.3. The lowest BCUT2D eigenvalue weighted by Crippen LogP contribution is -2.36. The molecule has 0 saturated carbocycles. The van der Waals surface area contributed by atoms with Gasteiger partial charge in [-0.2, -0.15) is 0 Å². The third kappa shape index (κ3) is 10.1. The molecular formula is C62H68N8O6. The number of carboxylic acid groups (broad SMARTS) is 2. The topological polar surface area (TPSA) is 177 Å². The highest BCUT2D eigenvalue weighted by atomic mass is 16.4. The van der Waals surface area contributed by atoms with Gasteiger partial charge in [-0.05, 0) is 183 Å². The van der Waals surface area contributed by atoms with Gasteiger partial charge in [0, 0.05) is 62.2 Å². The van der Waals surface area contributed by atoms with E-state index in [0.29, 0.717) is 50.4 Å². The summed E-state index contributed by atoms with van der Waals surface area (Å²) in [5.41, 5.74) is 19.6. The number of fused-ring (bicyclic) bond motifs is 4. The molecule has 0 unspecified atom stereocenters. The van der Waals surface area contributed by atoms with Gasteiger partial charge in [0.15, 0.2) is 0 Å². The van der Waals surface area contributed by atoms with E-state index in [4.69, 9.17) is 0 Å². The maximum atomic E-state index is 13.3. The van der Waals surface area contributed by atoms with E-state index >= 15 is 0 Å². The largest absolute Gasteiger partial charge is 0.481 e.